The lowest BCUT2D eigenvalue weighted by Gasteiger charge is -2.32. The minimum absolute atomic E-state index is 0.785. The summed E-state index contributed by atoms with van der Waals surface area (Å²) in [6, 6.07) is 0. The fourth-order valence-corrected chi connectivity index (χ4v) is 2.90. The number of rotatable bonds is 1. The number of aromatic nitrogens is 4. The van der Waals surface area contributed by atoms with E-state index in [4.69, 9.17) is 4.98 Å². The molecule has 0 saturated carbocycles. The molecule has 2 aromatic rings. The van der Waals surface area contributed by atoms with Crippen molar-refractivity contribution in [1.29, 1.82) is 0 Å². The normalized spacial score (nSPS) is 19.9. The van der Waals surface area contributed by atoms with E-state index in [1.54, 1.807) is 0 Å². The van der Waals surface area contributed by atoms with Gasteiger partial charge in [0.25, 0.3) is 0 Å². The van der Waals surface area contributed by atoms with Crippen LogP contribution in [0.1, 0.15) is 12.1 Å². The minimum atomic E-state index is 0.785. The highest BCUT2D eigenvalue weighted by molar-refractivity contribution is 5.90. The molecular formula is C13H19N7. The first-order valence-corrected chi connectivity index (χ1v) is 7.23. The third kappa shape index (κ3) is 1.89. The third-order valence-corrected chi connectivity index (χ3v) is 4.16. The van der Waals surface area contributed by atoms with Gasteiger partial charge >= 0.3 is 0 Å². The quantitative estimate of drug-likeness (QED) is 0.786. The van der Waals surface area contributed by atoms with Crippen LogP contribution in [0.3, 0.4) is 0 Å². The monoisotopic (exact) mass is 273 g/mol. The summed E-state index contributed by atoms with van der Waals surface area (Å²) >= 11 is 0. The summed E-state index contributed by atoms with van der Waals surface area (Å²) in [5.74, 6) is 1.73. The summed E-state index contributed by atoms with van der Waals surface area (Å²) < 4.78 is 0. The van der Waals surface area contributed by atoms with Crippen LogP contribution >= 0.6 is 0 Å². The second kappa shape index (κ2) is 4.59. The summed E-state index contributed by atoms with van der Waals surface area (Å²) in [5, 5.41) is 11.9. The fourth-order valence-electron chi connectivity index (χ4n) is 2.90. The van der Waals surface area contributed by atoms with Gasteiger partial charge in [0.05, 0.1) is 5.39 Å². The average molecular weight is 273 g/mol. The summed E-state index contributed by atoms with van der Waals surface area (Å²) in [6.45, 7) is 5.00. The first kappa shape index (κ1) is 11.9. The van der Waals surface area contributed by atoms with Gasteiger partial charge in [-0.3, -0.25) is 5.10 Å². The van der Waals surface area contributed by atoms with E-state index in [1.165, 1.54) is 0 Å². The minimum Gasteiger partial charge on any atom is -0.369 e. The lowest BCUT2D eigenvalue weighted by Crippen LogP contribution is -2.45. The van der Waals surface area contributed by atoms with E-state index < -0.39 is 0 Å². The molecular weight excluding hydrogens is 254 g/mol. The van der Waals surface area contributed by atoms with Gasteiger partial charge in [-0.05, 0) is 19.9 Å². The Morgan fingerprint density at radius 2 is 1.95 bits per heavy atom. The Hall–Kier alpha value is -1.89. The van der Waals surface area contributed by atoms with Crippen molar-refractivity contribution in [3.63, 3.8) is 0 Å². The van der Waals surface area contributed by atoms with Gasteiger partial charge in [-0.1, -0.05) is 0 Å². The zero-order chi connectivity index (χ0) is 13.5. The van der Waals surface area contributed by atoms with E-state index in [2.05, 4.69) is 37.3 Å². The number of nitrogens with one attached hydrogen (secondary N) is 2. The largest absolute Gasteiger partial charge is 0.369 e. The molecule has 2 N–H and O–H groups in total. The van der Waals surface area contributed by atoms with Crippen LogP contribution in [-0.2, 0) is 6.42 Å². The molecule has 1 fully saturated rings. The van der Waals surface area contributed by atoms with Gasteiger partial charge in [0, 0.05) is 38.4 Å². The van der Waals surface area contributed by atoms with Crippen molar-refractivity contribution in [2.24, 2.45) is 0 Å². The Morgan fingerprint density at radius 3 is 2.80 bits per heavy atom. The molecule has 4 heterocycles. The number of nitrogens with zero attached hydrogens (tertiary/aromatic N) is 5. The lowest BCUT2D eigenvalue weighted by atomic mass is 10.2. The molecule has 0 unspecified atom stereocenters. The van der Waals surface area contributed by atoms with E-state index in [0.29, 0.717) is 0 Å². The molecule has 7 heteroatoms. The smallest absolute Gasteiger partial charge is 0.229 e. The topological polar surface area (TPSA) is 73.0 Å². The number of likely N-dealkylation sites (N-methyl/N-ethyl adjacent to an activating group) is 1. The molecule has 0 atom stereocenters. The number of piperazine rings is 1. The van der Waals surface area contributed by atoms with Crippen LogP contribution in [0.2, 0.25) is 0 Å². The molecule has 0 radical (unpaired) electrons. The zero-order valence-corrected chi connectivity index (χ0v) is 11.7. The summed E-state index contributed by atoms with van der Waals surface area (Å²) in [4.78, 5) is 14.0. The highest BCUT2D eigenvalue weighted by Crippen LogP contribution is 2.28. The third-order valence-electron chi connectivity index (χ3n) is 4.16. The highest BCUT2D eigenvalue weighted by atomic mass is 15.3. The summed E-state index contributed by atoms with van der Waals surface area (Å²) in [7, 11) is 2.15. The van der Waals surface area contributed by atoms with Gasteiger partial charge in [-0.15, -0.1) is 0 Å². The molecule has 7 nitrogen and oxygen atoms in total. The van der Waals surface area contributed by atoms with Crippen LogP contribution in [0.4, 0.5) is 11.8 Å². The maximum absolute atomic E-state index is 4.74. The first-order valence-electron chi connectivity index (χ1n) is 7.23. The Bertz CT molecular complexity index is 627. The van der Waals surface area contributed by atoms with Crippen LogP contribution in [0.25, 0.3) is 11.0 Å². The predicted octanol–water partition coefficient (Wildman–Crippen LogP) is 0.463. The standard InChI is InChI=1S/C13H19N7/c1-19-5-7-20(8-6-19)13-15-11-10-9(3-2-4-14-11)17-18-12(10)16-13/h2-8H2,1H3,(H2,14,15,16,17,18). The number of anilines is 2. The molecule has 106 valence electrons. The predicted molar refractivity (Wildman–Crippen MR) is 78.2 cm³/mol. The van der Waals surface area contributed by atoms with Crippen molar-refractivity contribution < 1.29 is 0 Å². The molecule has 0 bridgehead atoms. The molecule has 1 saturated heterocycles. The Kier molecular flexibility index (Phi) is 2.73. The Labute approximate surface area is 117 Å². The van der Waals surface area contributed by atoms with E-state index in [-0.39, 0.29) is 0 Å². The van der Waals surface area contributed by atoms with E-state index >= 15 is 0 Å². The van der Waals surface area contributed by atoms with Crippen molar-refractivity contribution in [3.8, 4) is 0 Å². The Balaban J connectivity index is 1.75. The molecule has 0 aromatic carbocycles. The van der Waals surface area contributed by atoms with E-state index in [0.717, 1.165) is 74.1 Å². The average Bonchev–Trinajstić information content (AvgIpc) is 2.75. The number of H-pyrrole nitrogens is 1. The summed E-state index contributed by atoms with van der Waals surface area (Å²) in [6.07, 6.45) is 2.10. The van der Waals surface area contributed by atoms with Crippen LogP contribution < -0.4 is 10.2 Å². The molecule has 2 aromatic heterocycles. The van der Waals surface area contributed by atoms with Crippen molar-refractivity contribution >= 4 is 22.8 Å². The van der Waals surface area contributed by atoms with Gasteiger partial charge in [-0.25, -0.2) is 0 Å². The van der Waals surface area contributed by atoms with Crippen LogP contribution in [0.5, 0.6) is 0 Å². The summed E-state index contributed by atoms with van der Waals surface area (Å²) in [5.41, 5.74) is 1.94. The van der Waals surface area contributed by atoms with E-state index in [1.807, 2.05) is 0 Å². The number of aromatic amines is 1. The van der Waals surface area contributed by atoms with E-state index in [9.17, 15) is 0 Å². The van der Waals surface area contributed by atoms with Gasteiger partial charge in [0.1, 0.15) is 5.82 Å². The molecule has 0 amide bonds. The highest BCUT2D eigenvalue weighted by Gasteiger charge is 2.21. The zero-order valence-electron chi connectivity index (χ0n) is 11.7. The Morgan fingerprint density at radius 1 is 1.10 bits per heavy atom. The molecule has 4 rings (SSSR count). The van der Waals surface area contributed by atoms with Crippen LogP contribution in [0, 0.1) is 0 Å². The van der Waals surface area contributed by atoms with Crippen molar-refractivity contribution in [1.82, 2.24) is 25.1 Å². The molecule has 2 aliphatic heterocycles. The molecule has 20 heavy (non-hydrogen) atoms. The first-order chi connectivity index (χ1) is 9.81. The second-order valence-electron chi connectivity index (χ2n) is 5.59. The van der Waals surface area contributed by atoms with Crippen LogP contribution in [0.15, 0.2) is 0 Å². The second-order valence-corrected chi connectivity index (χ2v) is 5.59. The number of aryl methyl sites for hydroxylation is 1. The number of hydrogen-bond donors (Lipinski definition) is 2. The maximum atomic E-state index is 4.74. The van der Waals surface area contributed by atoms with Gasteiger partial charge in [0.15, 0.2) is 5.65 Å². The van der Waals surface area contributed by atoms with Crippen molar-refractivity contribution in [2.45, 2.75) is 12.8 Å². The van der Waals surface area contributed by atoms with Crippen LogP contribution in [-0.4, -0.2) is 64.8 Å². The number of hydrogen-bond acceptors (Lipinski definition) is 6. The van der Waals surface area contributed by atoms with Gasteiger partial charge < -0.3 is 15.1 Å². The van der Waals surface area contributed by atoms with Crippen molar-refractivity contribution in [3.05, 3.63) is 5.69 Å². The fraction of sp³-hybridized carbons (Fsp3) is 0.615. The molecule has 0 aliphatic carbocycles. The molecule has 2 aliphatic rings. The lowest BCUT2D eigenvalue weighted by molar-refractivity contribution is 0.311. The van der Waals surface area contributed by atoms with Gasteiger partial charge in [0.2, 0.25) is 5.95 Å². The van der Waals surface area contributed by atoms with Crippen molar-refractivity contribution in [2.75, 3.05) is 50.0 Å². The van der Waals surface area contributed by atoms with Gasteiger partial charge in [-0.2, -0.15) is 15.1 Å². The SMILES string of the molecule is CN1CCN(c2nc3c4c([nH]nc4n2)CCCN3)CC1. The maximum Gasteiger partial charge on any atom is 0.229 e. The molecule has 0 spiro atoms.